The molecule has 0 aliphatic carbocycles. The molecule has 6 nitrogen and oxygen atoms in total. The van der Waals surface area contributed by atoms with Crippen molar-refractivity contribution in [2.75, 3.05) is 23.1 Å². The van der Waals surface area contributed by atoms with Crippen molar-refractivity contribution in [2.24, 2.45) is 0 Å². The van der Waals surface area contributed by atoms with E-state index in [4.69, 9.17) is 0 Å². The SMILES string of the molecule is Cc1ccc(S(=O)(=O)N(CC(=O)NCCSc2ccccn2)c2ccc(C)cc2C)cc1. The number of hydrogen-bond acceptors (Lipinski definition) is 5. The Morgan fingerprint density at radius 1 is 1.00 bits per heavy atom. The van der Waals surface area contributed by atoms with Gasteiger partial charge < -0.3 is 5.32 Å². The molecule has 32 heavy (non-hydrogen) atoms. The highest BCUT2D eigenvalue weighted by molar-refractivity contribution is 7.99. The van der Waals surface area contributed by atoms with E-state index in [-0.39, 0.29) is 17.3 Å². The lowest BCUT2D eigenvalue weighted by atomic mass is 10.1. The molecule has 0 fully saturated rings. The van der Waals surface area contributed by atoms with E-state index in [1.807, 2.05) is 51.1 Å². The Bertz CT molecular complexity index is 1160. The standard InChI is InChI=1S/C24H27N3O3S2/c1-18-7-10-21(11-8-18)32(29,30)27(22-12-9-19(2)16-20(22)3)17-23(28)25-14-15-31-24-6-4-5-13-26-24/h4-13,16H,14-15,17H2,1-3H3,(H,25,28). The zero-order chi connectivity index (χ0) is 23.1. The van der Waals surface area contributed by atoms with Gasteiger partial charge in [-0.2, -0.15) is 0 Å². The van der Waals surface area contributed by atoms with Crippen LogP contribution >= 0.6 is 11.8 Å². The fourth-order valence-corrected chi connectivity index (χ4v) is 5.40. The maximum absolute atomic E-state index is 13.5. The Balaban J connectivity index is 1.76. The van der Waals surface area contributed by atoms with Crippen molar-refractivity contribution in [2.45, 2.75) is 30.7 Å². The molecule has 1 heterocycles. The topological polar surface area (TPSA) is 79.4 Å². The van der Waals surface area contributed by atoms with Crippen molar-refractivity contribution < 1.29 is 13.2 Å². The number of carbonyl (C=O) groups is 1. The van der Waals surface area contributed by atoms with E-state index in [0.717, 1.165) is 21.7 Å². The summed E-state index contributed by atoms with van der Waals surface area (Å²) in [4.78, 5) is 17.1. The summed E-state index contributed by atoms with van der Waals surface area (Å²) >= 11 is 1.53. The van der Waals surface area contributed by atoms with Crippen molar-refractivity contribution in [1.82, 2.24) is 10.3 Å². The Hall–Kier alpha value is -2.84. The van der Waals surface area contributed by atoms with E-state index in [1.54, 1.807) is 36.5 Å². The van der Waals surface area contributed by atoms with Gasteiger partial charge in [0.2, 0.25) is 5.91 Å². The van der Waals surface area contributed by atoms with Crippen molar-refractivity contribution in [3.63, 3.8) is 0 Å². The molecular formula is C24H27N3O3S2. The molecule has 1 aromatic heterocycles. The fraction of sp³-hybridized carbons (Fsp3) is 0.250. The molecule has 0 saturated carbocycles. The number of carbonyl (C=O) groups excluding carboxylic acids is 1. The Morgan fingerprint density at radius 2 is 1.72 bits per heavy atom. The minimum Gasteiger partial charge on any atom is -0.354 e. The lowest BCUT2D eigenvalue weighted by Gasteiger charge is -2.26. The third-order valence-corrected chi connectivity index (χ3v) is 7.55. The van der Waals surface area contributed by atoms with Crippen LogP contribution in [-0.4, -0.2) is 38.2 Å². The second-order valence-corrected chi connectivity index (χ2v) is 10.5. The maximum atomic E-state index is 13.5. The molecule has 0 bridgehead atoms. The predicted molar refractivity (Wildman–Crippen MR) is 130 cm³/mol. The first-order valence-corrected chi connectivity index (χ1v) is 12.7. The summed E-state index contributed by atoms with van der Waals surface area (Å²) < 4.78 is 28.1. The van der Waals surface area contributed by atoms with Crippen LogP contribution in [-0.2, 0) is 14.8 Å². The lowest BCUT2D eigenvalue weighted by Crippen LogP contribution is -2.41. The smallest absolute Gasteiger partial charge is 0.264 e. The number of aromatic nitrogens is 1. The van der Waals surface area contributed by atoms with Crippen molar-refractivity contribution in [1.29, 1.82) is 0 Å². The second-order valence-electron chi connectivity index (χ2n) is 7.48. The summed E-state index contributed by atoms with van der Waals surface area (Å²) in [6, 6.07) is 17.8. The van der Waals surface area contributed by atoms with Crippen LogP contribution in [0, 0.1) is 20.8 Å². The van der Waals surface area contributed by atoms with Gasteiger partial charge in [0.25, 0.3) is 10.0 Å². The minimum absolute atomic E-state index is 0.154. The van der Waals surface area contributed by atoms with Crippen LogP contribution in [0.3, 0.4) is 0 Å². The molecule has 3 aromatic rings. The number of nitrogens with one attached hydrogen (secondary N) is 1. The quantitative estimate of drug-likeness (QED) is 0.377. The molecule has 0 spiro atoms. The highest BCUT2D eigenvalue weighted by Gasteiger charge is 2.28. The van der Waals surface area contributed by atoms with Crippen LogP contribution in [0.15, 0.2) is 76.8 Å². The highest BCUT2D eigenvalue weighted by Crippen LogP contribution is 2.27. The maximum Gasteiger partial charge on any atom is 0.264 e. The molecule has 0 saturated heterocycles. The van der Waals surface area contributed by atoms with Gasteiger partial charge in [0.1, 0.15) is 6.54 Å². The zero-order valence-electron chi connectivity index (χ0n) is 18.4. The molecule has 1 N–H and O–H groups in total. The fourth-order valence-electron chi connectivity index (χ4n) is 3.19. The largest absolute Gasteiger partial charge is 0.354 e. The number of rotatable bonds is 9. The number of benzene rings is 2. The van der Waals surface area contributed by atoms with Gasteiger partial charge in [-0.05, 0) is 56.7 Å². The first-order valence-electron chi connectivity index (χ1n) is 10.2. The molecule has 0 radical (unpaired) electrons. The third kappa shape index (κ3) is 6.11. The van der Waals surface area contributed by atoms with E-state index in [1.165, 1.54) is 16.1 Å². The second kappa shape index (κ2) is 10.7. The van der Waals surface area contributed by atoms with Gasteiger partial charge in [-0.25, -0.2) is 13.4 Å². The Kier molecular flexibility index (Phi) is 7.93. The van der Waals surface area contributed by atoms with Crippen LogP contribution in [0.4, 0.5) is 5.69 Å². The van der Waals surface area contributed by atoms with Crippen molar-refractivity contribution in [3.05, 3.63) is 83.6 Å². The summed E-state index contributed by atoms with van der Waals surface area (Å²) in [6.45, 7) is 5.80. The predicted octanol–water partition coefficient (Wildman–Crippen LogP) is 4.11. The molecular weight excluding hydrogens is 442 g/mol. The summed E-state index contributed by atoms with van der Waals surface area (Å²) in [5, 5.41) is 3.70. The molecule has 2 aromatic carbocycles. The van der Waals surface area contributed by atoms with Gasteiger partial charge in [-0.3, -0.25) is 9.10 Å². The number of anilines is 1. The number of sulfonamides is 1. The van der Waals surface area contributed by atoms with E-state index in [9.17, 15) is 13.2 Å². The first-order chi connectivity index (χ1) is 15.3. The van der Waals surface area contributed by atoms with Crippen molar-refractivity contribution >= 4 is 33.4 Å². The normalized spacial score (nSPS) is 11.2. The zero-order valence-corrected chi connectivity index (χ0v) is 20.0. The number of hydrogen-bond donors (Lipinski definition) is 1. The molecule has 1 amide bonds. The van der Waals surface area contributed by atoms with Crippen LogP contribution in [0.25, 0.3) is 0 Å². The molecule has 3 rings (SSSR count). The molecule has 0 aliphatic rings. The molecule has 8 heteroatoms. The van der Waals surface area contributed by atoms with Gasteiger partial charge in [-0.1, -0.05) is 41.5 Å². The minimum atomic E-state index is -3.92. The van der Waals surface area contributed by atoms with E-state index >= 15 is 0 Å². The van der Waals surface area contributed by atoms with E-state index < -0.39 is 10.0 Å². The van der Waals surface area contributed by atoms with Crippen LogP contribution in [0.5, 0.6) is 0 Å². The van der Waals surface area contributed by atoms with E-state index in [0.29, 0.717) is 18.0 Å². The van der Waals surface area contributed by atoms with Gasteiger partial charge in [-0.15, -0.1) is 11.8 Å². The number of thioether (sulfide) groups is 1. The number of nitrogens with zero attached hydrogens (tertiary/aromatic N) is 2. The molecule has 0 atom stereocenters. The third-order valence-electron chi connectivity index (χ3n) is 4.83. The van der Waals surface area contributed by atoms with Crippen LogP contribution in [0.1, 0.15) is 16.7 Å². The van der Waals surface area contributed by atoms with Gasteiger partial charge in [0.05, 0.1) is 15.6 Å². The summed E-state index contributed by atoms with van der Waals surface area (Å²) in [7, 11) is -3.92. The molecule has 168 valence electrons. The summed E-state index contributed by atoms with van der Waals surface area (Å²) in [5.41, 5.74) is 3.27. The number of pyridine rings is 1. The summed E-state index contributed by atoms with van der Waals surface area (Å²) in [5.74, 6) is 0.277. The van der Waals surface area contributed by atoms with Crippen LogP contribution < -0.4 is 9.62 Å². The lowest BCUT2D eigenvalue weighted by molar-refractivity contribution is -0.119. The van der Waals surface area contributed by atoms with Gasteiger partial charge in [0.15, 0.2) is 0 Å². The monoisotopic (exact) mass is 469 g/mol. The average molecular weight is 470 g/mol. The molecule has 0 unspecified atom stereocenters. The highest BCUT2D eigenvalue weighted by atomic mass is 32.2. The Labute approximate surface area is 194 Å². The Morgan fingerprint density at radius 3 is 2.38 bits per heavy atom. The number of aryl methyl sites for hydroxylation is 3. The van der Waals surface area contributed by atoms with Crippen LogP contribution in [0.2, 0.25) is 0 Å². The number of amides is 1. The first kappa shape index (κ1) is 23.8. The summed E-state index contributed by atoms with van der Waals surface area (Å²) in [6.07, 6.45) is 1.72. The molecule has 0 aliphatic heterocycles. The average Bonchev–Trinajstić information content (AvgIpc) is 2.76. The van der Waals surface area contributed by atoms with E-state index in [2.05, 4.69) is 10.3 Å². The van der Waals surface area contributed by atoms with Gasteiger partial charge >= 0.3 is 0 Å². The van der Waals surface area contributed by atoms with Gasteiger partial charge in [0, 0.05) is 18.5 Å². The van der Waals surface area contributed by atoms with Crippen molar-refractivity contribution in [3.8, 4) is 0 Å².